The minimum atomic E-state index is -0.648. The van der Waals surface area contributed by atoms with E-state index in [0.717, 1.165) is 10.0 Å². The minimum Gasteiger partial charge on any atom is -0.459 e. The molecule has 2 heterocycles. The monoisotopic (exact) mass is 437 g/mol. The molecule has 6 heteroatoms. The maximum absolute atomic E-state index is 12.7. The van der Waals surface area contributed by atoms with E-state index in [2.05, 4.69) is 15.9 Å². The zero-order valence-corrected chi connectivity index (χ0v) is 16.6. The van der Waals surface area contributed by atoms with Gasteiger partial charge in [-0.15, -0.1) is 0 Å². The lowest BCUT2D eigenvalue weighted by molar-refractivity contribution is 0.0771. The normalized spacial score (nSPS) is 10.9. The molecular weight excluding hydrogens is 422 g/mol. The lowest BCUT2D eigenvalue weighted by Crippen LogP contribution is -2.30. The van der Waals surface area contributed by atoms with Crippen molar-refractivity contribution in [3.8, 4) is 11.3 Å². The lowest BCUT2D eigenvalue weighted by Gasteiger charge is -2.15. The maximum atomic E-state index is 12.7. The van der Waals surface area contributed by atoms with E-state index in [-0.39, 0.29) is 12.1 Å². The number of hydrogen-bond donors (Lipinski definition) is 0. The maximum Gasteiger partial charge on any atom is 0.349 e. The third kappa shape index (κ3) is 3.64. The third-order valence-corrected chi connectivity index (χ3v) is 4.93. The van der Waals surface area contributed by atoms with Crippen LogP contribution < -0.4 is 5.63 Å². The summed E-state index contributed by atoms with van der Waals surface area (Å²) in [4.78, 5) is 26.4. The molecule has 0 radical (unpaired) electrons. The predicted octanol–water partition coefficient (Wildman–Crippen LogP) is 5.09. The quantitative estimate of drug-likeness (QED) is 0.417. The van der Waals surface area contributed by atoms with E-state index in [1.54, 1.807) is 31.3 Å². The Morgan fingerprint density at radius 1 is 1.00 bits per heavy atom. The molecule has 5 nitrogen and oxygen atoms in total. The highest BCUT2D eigenvalue weighted by molar-refractivity contribution is 9.10. The van der Waals surface area contributed by atoms with Crippen molar-refractivity contribution < 1.29 is 13.6 Å². The number of carbonyl (C=O) groups excluding carboxylic acids is 1. The number of carbonyl (C=O) groups is 1. The van der Waals surface area contributed by atoms with Crippen molar-refractivity contribution in [1.29, 1.82) is 0 Å². The second-order valence-corrected chi connectivity index (χ2v) is 7.34. The molecule has 0 saturated heterocycles. The summed E-state index contributed by atoms with van der Waals surface area (Å²) in [5.41, 5.74) is 0.752. The molecule has 2 aromatic carbocycles. The van der Waals surface area contributed by atoms with Gasteiger partial charge in [-0.3, -0.25) is 4.79 Å². The average molecular weight is 438 g/mol. The Kier molecular flexibility index (Phi) is 4.88. The van der Waals surface area contributed by atoms with Crippen LogP contribution in [-0.2, 0) is 6.54 Å². The Labute approximate surface area is 169 Å². The molecule has 1 amide bonds. The summed E-state index contributed by atoms with van der Waals surface area (Å²) in [6.45, 7) is 0.238. The molecule has 2 aromatic heterocycles. The van der Waals surface area contributed by atoms with E-state index in [1.165, 1.54) is 4.90 Å². The average Bonchev–Trinajstić information content (AvgIpc) is 3.16. The van der Waals surface area contributed by atoms with Crippen LogP contribution in [0.15, 0.2) is 84.8 Å². The second-order valence-electron chi connectivity index (χ2n) is 6.42. The third-order valence-electron chi connectivity index (χ3n) is 4.40. The van der Waals surface area contributed by atoms with Crippen molar-refractivity contribution in [3.05, 3.63) is 92.9 Å². The van der Waals surface area contributed by atoms with Crippen molar-refractivity contribution in [2.45, 2.75) is 6.54 Å². The van der Waals surface area contributed by atoms with Gasteiger partial charge in [-0.25, -0.2) is 4.79 Å². The number of furan rings is 1. The highest BCUT2D eigenvalue weighted by atomic mass is 79.9. The minimum absolute atomic E-state index is 0.000823. The Bertz CT molecular complexity index is 1210. The summed E-state index contributed by atoms with van der Waals surface area (Å²) in [5, 5.41) is 0.703. The molecule has 4 rings (SSSR count). The Morgan fingerprint density at radius 3 is 2.54 bits per heavy atom. The lowest BCUT2D eigenvalue weighted by atomic mass is 10.1. The molecule has 0 atom stereocenters. The molecule has 0 aliphatic rings. The number of hydrogen-bond acceptors (Lipinski definition) is 4. The van der Waals surface area contributed by atoms with Gasteiger partial charge in [0.25, 0.3) is 5.91 Å². The summed E-state index contributed by atoms with van der Waals surface area (Å²) in [5.74, 6) is 0.925. The van der Waals surface area contributed by atoms with Crippen LogP contribution in [0.4, 0.5) is 0 Å². The van der Waals surface area contributed by atoms with Crippen LogP contribution in [0.5, 0.6) is 0 Å². The number of halogens is 1. The number of nitrogens with zero attached hydrogens (tertiary/aromatic N) is 1. The molecule has 0 fully saturated rings. The van der Waals surface area contributed by atoms with Crippen molar-refractivity contribution in [2.24, 2.45) is 0 Å². The molecular formula is C22H16BrNO4. The SMILES string of the molecule is CN(Cc1ccc(-c2ccc(Br)cc2)o1)C(=O)c1cc2ccccc2oc1=O. The van der Waals surface area contributed by atoms with Crippen molar-refractivity contribution in [3.63, 3.8) is 0 Å². The van der Waals surface area contributed by atoms with Crippen LogP contribution >= 0.6 is 15.9 Å². The first-order valence-corrected chi connectivity index (χ1v) is 9.43. The molecule has 0 aliphatic heterocycles. The topological polar surface area (TPSA) is 63.7 Å². The number of benzene rings is 2. The van der Waals surface area contributed by atoms with Gasteiger partial charge in [0.2, 0.25) is 0 Å². The van der Waals surface area contributed by atoms with E-state index in [4.69, 9.17) is 8.83 Å². The molecule has 0 N–H and O–H groups in total. The highest BCUT2D eigenvalue weighted by Gasteiger charge is 2.19. The standard InChI is InChI=1S/C22H16BrNO4/c1-24(13-17-10-11-20(27-17)14-6-8-16(23)9-7-14)21(25)18-12-15-4-2-3-5-19(15)28-22(18)26/h2-12H,13H2,1H3. The first-order valence-electron chi connectivity index (χ1n) is 8.64. The Balaban J connectivity index is 1.55. The molecule has 28 heavy (non-hydrogen) atoms. The first-order chi connectivity index (χ1) is 13.5. The molecule has 0 bridgehead atoms. The summed E-state index contributed by atoms with van der Waals surface area (Å²) >= 11 is 3.41. The summed E-state index contributed by atoms with van der Waals surface area (Å²) in [6, 6.07) is 20.1. The van der Waals surface area contributed by atoms with E-state index >= 15 is 0 Å². The fourth-order valence-corrected chi connectivity index (χ4v) is 3.22. The fraction of sp³-hybridized carbons (Fsp3) is 0.0909. The summed E-state index contributed by atoms with van der Waals surface area (Å²) in [6.07, 6.45) is 0. The predicted molar refractivity (Wildman–Crippen MR) is 110 cm³/mol. The van der Waals surface area contributed by atoms with Crippen LogP contribution in [0.1, 0.15) is 16.1 Å². The Hall–Kier alpha value is -3.12. The van der Waals surface area contributed by atoms with Crippen LogP contribution in [0.25, 0.3) is 22.3 Å². The van der Waals surface area contributed by atoms with Gasteiger partial charge in [0, 0.05) is 22.5 Å². The molecule has 0 saturated carbocycles. The smallest absolute Gasteiger partial charge is 0.349 e. The van der Waals surface area contributed by atoms with Crippen LogP contribution in [0.3, 0.4) is 0 Å². The van der Waals surface area contributed by atoms with Gasteiger partial charge in [-0.2, -0.15) is 0 Å². The highest BCUT2D eigenvalue weighted by Crippen LogP contribution is 2.24. The van der Waals surface area contributed by atoms with Crippen LogP contribution in [0, 0.1) is 0 Å². The summed E-state index contributed by atoms with van der Waals surface area (Å²) < 4.78 is 12.1. The first kappa shape index (κ1) is 18.3. The molecule has 140 valence electrons. The van der Waals surface area contributed by atoms with Gasteiger partial charge in [0.1, 0.15) is 22.7 Å². The van der Waals surface area contributed by atoms with Crippen molar-refractivity contribution in [2.75, 3.05) is 7.05 Å². The summed E-state index contributed by atoms with van der Waals surface area (Å²) in [7, 11) is 1.62. The van der Waals surface area contributed by atoms with Gasteiger partial charge in [-0.1, -0.05) is 46.3 Å². The number of amides is 1. The molecule has 0 spiro atoms. The van der Waals surface area contributed by atoms with Crippen molar-refractivity contribution in [1.82, 2.24) is 4.90 Å². The van der Waals surface area contributed by atoms with Gasteiger partial charge < -0.3 is 13.7 Å². The van der Waals surface area contributed by atoms with E-state index < -0.39 is 11.5 Å². The molecule has 0 unspecified atom stereocenters. The van der Waals surface area contributed by atoms with Gasteiger partial charge in [-0.05, 0) is 36.4 Å². The largest absolute Gasteiger partial charge is 0.459 e. The van der Waals surface area contributed by atoms with E-state index in [9.17, 15) is 9.59 Å². The van der Waals surface area contributed by atoms with Gasteiger partial charge in [0.15, 0.2) is 0 Å². The Morgan fingerprint density at radius 2 is 1.75 bits per heavy atom. The zero-order chi connectivity index (χ0) is 19.7. The second kappa shape index (κ2) is 7.48. The van der Waals surface area contributed by atoms with E-state index in [0.29, 0.717) is 22.5 Å². The number of rotatable bonds is 4. The van der Waals surface area contributed by atoms with Gasteiger partial charge >= 0.3 is 5.63 Å². The van der Waals surface area contributed by atoms with E-state index in [1.807, 2.05) is 42.5 Å². The number of para-hydroxylation sites is 1. The molecule has 4 aromatic rings. The fourth-order valence-electron chi connectivity index (χ4n) is 2.95. The van der Waals surface area contributed by atoms with Gasteiger partial charge in [0.05, 0.1) is 6.54 Å². The van der Waals surface area contributed by atoms with Crippen LogP contribution in [-0.4, -0.2) is 17.9 Å². The molecule has 0 aliphatic carbocycles. The van der Waals surface area contributed by atoms with Crippen molar-refractivity contribution >= 4 is 32.8 Å². The van der Waals surface area contributed by atoms with Crippen LogP contribution in [0.2, 0.25) is 0 Å². The number of fused-ring (bicyclic) bond motifs is 1. The zero-order valence-electron chi connectivity index (χ0n) is 15.0.